The molecule has 2 N–H and O–H groups in total. The maximum atomic E-state index is 12.7. The second-order valence-corrected chi connectivity index (χ2v) is 6.18. The predicted octanol–water partition coefficient (Wildman–Crippen LogP) is 2.50. The fourth-order valence-electron chi connectivity index (χ4n) is 3.69. The molecule has 1 heterocycles. The first kappa shape index (κ1) is 15.5. The lowest BCUT2D eigenvalue weighted by Gasteiger charge is -2.35. The summed E-state index contributed by atoms with van der Waals surface area (Å²) in [5, 5.41) is 11.3. The van der Waals surface area contributed by atoms with Crippen LogP contribution >= 0.6 is 0 Å². The topological polar surface area (TPSA) is 86.7 Å². The molecule has 2 aliphatic rings. The number of imide groups is 1. The van der Waals surface area contributed by atoms with E-state index >= 15 is 0 Å². The van der Waals surface area contributed by atoms with Gasteiger partial charge in [-0.25, -0.2) is 4.79 Å². The van der Waals surface area contributed by atoms with Crippen molar-refractivity contribution in [1.82, 2.24) is 10.2 Å². The lowest BCUT2D eigenvalue weighted by molar-refractivity contribution is 0.0494. The van der Waals surface area contributed by atoms with Gasteiger partial charge in [-0.1, -0.05) is 31.4 Å². The number of rotatable bonds is 4. The molecule has 3 rings (SSSR count). The SMILES string of the molecule is O=C(O)NCC(C1CCCCC1)N1C(=O)c2ccccc2C1=O. The molecule has 1 unspecified atom stereocenters. The number of benzene rings is 1. The first-order valence-corrected chi connectivity index (χ1v) is 8.03. The Labute approximate surface area is 134 Å². The highest BCUT2D eigenvalue weighted by molar-refractivity contribution is 6.21. The van der Waals surface area contributed by atoms with Crippen LogP contribution in [-0.2, 0) is 0 Å². The van der Waals surface area contributed by atoms with Crippen molar-refractivity contribution in [2.75, 3.05) is 6.54 Å². The highest BCUT2D eigenvalue weighted by Gasteiger charge is 2.42. The van der Waals surface area contributed by atoms with Crippen molar-refractivity contribution in [3.63, 3.8) is 0 Å². The molecule has 1 aromatic rings. The van der Waals surface area contributed by atoms with Gasteiger partial charge in [0.25, 0.3) is 11.8 Å². The summed E-state index contributed by atoms with van der Waals surface area (Å²) in [4.78, 5) is 37.5. The molecule has 0 spiro atoms. The largest absolute Gasteiger partial charge is 0.465 e. The zero-order chi connectivity index (χ0) is 16.4. The molecular formula is C17H20N2O4. The molecule has 6 nitrogen and oxygen atoms in total. The van der Waals surface area contributed by atoms with Crippen molar-refractivity contribution < 1.29 is 19.5 Å². The second kappa shape index (κ2) is 6.40. The Balaban J connectivity index is 1.88. The number of carbonyl (C=O) groups is 3. The summed E-state index contributed by atoms with van der Waals surface area (Å²) in [7, 11) is 0. The summed E-state index contributed by atoms with van der Waals surface area (Å²) in [6.45, 7) is 0.0888. The van der Waals surface area contributed by atoms with Crippen LogP contribution in [0, 0.1) is 5.92 Å². The molecule has 3 amide bonds. The highest BCUT2D eigenvalue weighted by Crippen LogP contribution is 2.33. The van der Waals surface area contributed by atoms with Crippen LogP contribution in [0.4, 0.5) is 4.79 Å². The quantitative estimate of drug-likeness (QED) is 0.836. The van der Waals surface area contributed by atoms with Crippen molar-refractivity contribution in [3.05, 3.63) is 35.4 Å². The summed E-state index contributed by atoms with van der Waals surface area (Å²) in [5.41, 5.74) is 0.822. The molecule has 1 aliphatic heterocycles. The number of amides is 3. The maximum Gasteiger partial charge on any atom is 0.404 e. The summed E-state index contributed by atoms with van der Waals surface area (Å²) >= 11 is 0. The van der Waals surface area contributed by atoms with Gasteiger partial charge in [0.2, 0.25) is 0 Å². The Hall–Kier alpha value is -2.37. The van der Waals surface area contributed by atoms with E-state index in [4.69, 9.17) is 5.11 Å². The first-order valence-electron chi connectivity index (χ1n) is 8.03. The van der Waals surface area contributed by atoms with Crippen molar-refractivity contribution in [3.8, 4) is 0 Å². The second-order valence-electron chi connectivity index (χ2n) is 6.18. The van der Waals surface area contributed by atoms with Gasteiger partial charge in [-0.05, 0) is 30.9 Å². The van der Waals surface area contributed by atoms with Crippen LogP contribution in [0.15, 0.2) is 24.3 Å². The van der Waals surface area contributed by atoms with E-state index in [2.05, 4.69) is 5.32 Å². The van der Waals surface area contributed by atoms with Crippen molar-refractivity contribution >= 4 is 17.9 Å². The zero-order valence-electron chi connectivity index (χ0n) is 12.8. The lowest BCUT2D eigenvalue weighted by Crippen LogP contribution is -2.51. The van der Waals surface area contributed by atoms with Gasteiger partial charge in [-0.2, -0.15) is 0 Å². The third-order valence-corrected chi connectivity index (χ3v) is 4.81. The van der Waals surface area contributed by atoms with Crippen LogP contribution in [0.1, 0.15) is 52.8 Å². The Morgan fingerprint density at radius 1 is 1.13 bits per heavy atom. The van der Waals surface area contributed by atoms with Gasteiger partial charge >= 0.3 is 6.09 Å². The first-order chi connectivity index (χ1) is 11.1. The molecule has 1 aromatic carbocycles. The number of carbonyl (C=O) groups excluding carboxylic acids is 2. The fraction of sp³-hybridized carbons (Fsp3) is 0.471. The Morgan fingerprint density at radius 2 is 1.70 bits per heavy atom. The minimum atomic E-state index is -1.14. The molecular weight excluding hydrogens is 296 g/mol. The van der Waals surface area contributed by atoms with Crippen LogP contribution in [0.2, 0.25) is 0 Å². The average Bonchev–Trinajstić information content (AvgIpc) is 2.81. The number of nitrogens with one attached hydrogen (secondary N) is 1. The van der Waals surface area contributed by atoms with Crippen molar-refractivity contribution in [2.45, 2.75) is 38.1 Å². The number of fused-ring (bicyclic) bond motifs is 1. The van der Waals surface area contributed by atoms with Crippen LogP contribution in [0.5, 0.6) is 0 Å². The van der Waals surface area contributed by atoms with Crippen LogP contribution in [-0.4, -0.2) is 40.5 Å². The van der Waals surface area contributed by atoms with Gasteiger partial charge in [0.05, 0.1) is 17.2 Å². The van der Waals surface area contributed by atoms with Crippen molar-refractivity contribution in [2.24, 2.45) is 5.92 Å². The maximum absolute atomic E-state index is 12.7. The molecule has 1 saturated carbocycles. The monoisotopic (exact) mass is 316 g/mol. The summed E-state index contributed by atoms with van der Waals surface area (Å²) in [5.74, 6) is -0.473. The molecule has 6 heteroatoms. The van der Waals surface area contributed by atoms with E-state index in [1.54, 1.807) is 24.3 Å². The van der Waals surface area contributed by atoms with Gasteiger partial charge < -0.3 is 10.4 Å². The normalized spacial score (nSPS) is 19.6. The smallest absolute Gasteiger partial charge is 0.404 e. The van der Waals surface area contributed by atoms with Gasteiger partial charge in [0.15, 0.2) is 0 Å². The Bertz CT molecular complexity index is 602. The molecule has 0 saturated heterocycles. The molecule has 0 radical (unpaired) electrons. The van der Waals surface area contributed by atoms with E-state index in [0.29, 0.717) is 11.1 Å². The van der Waals surface area contributed by atoms with Crippen LogP contribution in [0.25, 0.3) is 0 Å². The average molecular weight is 316 g/mol. The fourth-order valence-corrected chi connectivity index (χ4v) is 3.69. The third kappa shape index (κ3) is 2.93. The van der Waals surface area contributed by atoms with Crippen LogP contribution in [0.3, 0.4) is 0 Å². The highest BCUT2D eigenvalue weighted by atomic mass is 16.4. The molecule has 122 valence electrons. The minimum absolute atomic E-state index is 0.0888. The number of nitrogens with zero attached hydrogens (tertiary/aromatic N) is 1. The summed E-state index contributed by atoms with van der Waals surface area (Å²) in [6, 6.07) is 6.35. The van der Waals surface area contributed by atoms with E-state index in [1.165, 1.54) is 4.90 Å². The van der Waals surface area contributed by atoms with E-state index in [1.807, 2.05) is 0 Å². The molecule has 1 aliphatic carbocycles. The number of carboxylic acid groups (broad SMARTS) is 1. The van der Waals surface area contributed by atoms with Gasteiger partial charge in [0.1, 0.15) is 0 Å². The predicted molar refractivity (Wildman–Crippen MR) is 83.3 cm³/mol. The molecule has 1 fully saturated rings. The lowest BCUT2D eigenvalue weighted by atomic mass is 9.83. The molecule has 0 aromatic heterocycles. The molecule has 23 heavy (non-hydrogen) atoms. The standard InChI is InChI=1S/C17H20N2O4/c20-15-12-8-4-5-9-13(12)16(21)19(15)14(10-18-17(22)23)11-6-2-1-3-7-11/h4-5,8-9,11,14,18H,1-3,6-7,10H2,(H,22,23). The number of hydrogen-bond acceptors (Lipinski definition) is 3. The van der Waals surface area contributed by atoms with Crippen molar-refractivity contribution in [1.29, 1.82) is 0 Å². The number of hydrogen-bond donors (Lipinski definition) is 2. The summed E-state index contributed by atoms with van der Waals surface area (Å²) < 4.78 is 0. The van der Waals surface area contributed by atoms with E-state index in [0.717, 1.165) is 32.1 Å². The molecule has 1 atom stereocenters. The van der Waals surface area contributed by atoms with E-state index < -0.39 is 12.1 Å². The Morgan fingerprint density at radius 3 is 2.22 bits per heavy atom. The Kier molecular flexibility index (Phi) is 4.32. The van der Waals surface area contributed by atoms with Crippen LogP contribution < -0.4 is 5.32 Å². The molecule has 0 bridgehead atoms. The van der Waals surface area contributed by atoms with Gasteiger partial charge in [0, 0.05) is 6.54 Å². The summed E-state index contributed by atoms with van der Waals surface area (Å²) in [6.07, 6.45) is 3.95. The van der Waals surface area contributed by atoms with E-state index in [9.17, 15) is 14.4 Å². The van der Waals surface area contributed by atoms with Gasteiger partial charge in [-0.3, -0.25) is 14.5 Å². The third-order valence-electron chi connectivity index (χ3n) is 4.81. The zero-order valence-corrected chi connectivity index (χ0v) is 12.8. The minimum Gasteiger partial charge on any atom is -0.465 e. The van der Waals surface area contributed by atoms with Gasteiger partial charge in [-0.15, -0.1) is 0 Å². The van der Waals surface area contributed by atoms with E-state index in [-0.39, 0.29) is 24.3 Å².